The lowest BCUT2D eigenvalue weighted by atomic mass is 9.83. The second-order valence-electron chi connectivity index (χ2n) is 7.16. The fourth-order valence-electron chi connectivity index (χ4n) is 4.29. The first-order valence-corrected chi connectivity index (χ1v) is 9.23. The molecule has 26 heavy (non-hydrogen) atoms. The molecule has 2 aromatic rings. The molecule has 5 nitrogen and oxygen atoms in total. The standard InChI is InChI=1S/C20H23FN4O/c1-14-16(6-2-7-17(14)21)19(26)25-11-3-5-15-13-24(12-8-18(15)25)20-22-9-4-10-23-20/h2,4,6-7,9-10,15,18H,3,5,8,11-13H2,1H3. The Bertz CT molecular complexity index is 798. The molecular formula is C20H23FN4O. The number of nitrogens with zero attached hydrogens (tertiary/aromatic N) is 4. The fraction of sp³-hybridized carbons (Fsp3) is 0.450. The van der Waals surface area contributed by atoms with Gasteiger partial charge in [0.05, 0.1) is 0 Å². The third-order valence-electron chi connectivity index (χ3n) is 5.66. The third-order valence-corrected chi connectivity index (χ3v) is 5.66. The summed E-state index contributed by atoms with van der Waals surface area (Å²) < 4.78 is 13.9. The third kappa shape index (κ3) is 3.04. The van der Waals surface area contributed by atoms with Crippen LogP contribution in [0.1, 0.15) is 35.2 Å². The van der Waals surface area contributed by atoms with E-state index < -0.39 is 0 Å². The van der Waals surface area contributed by atoms with Gasteiger partial charge in [0.25, 0.3) is 5.91 Å². The largest absolute Gasteiger partial charge is 0.340 e. The Morgan fingerprint density at radius 2 is 1.96 bits per heavy atom. The van der Waals surface area contributed by atoms with Crippen molar-refractivity contribution in [3.63, 3.8) is 0 Å². The van der Waals surface area contributed by atoms with Crippen molar-refractivity contribution in [2.75, 3.05) is 24.5 Å². The molecule has 2 aliphatic rings. The number of piperidine rings is 2. The second-order valence-corrected chi connectivity index (χ2v) is 7.16. The van der Waals surface area contributed by atoms with Crippen molar-refractivity contribution in [3.05, 3.63) is 53.6 Å². The van der Waals surface area contributed by atoms with Crippen LogP contribution in [0.25, 0.3) is 0 Å². The highest BCUT2D eigenvalue weighted by atomic mass is 19.1. The number of rotatable bonds is 2. The van der Waals surface area contributed by atoms with Crippen LogP contribution in [0, 0.1) is 18.7 Å². The highest BCUT2D eigenvalue weighted by Gasteiger charge is 2.39. The number of amides is 1. The molecule has 3 heterocycles. The number of likely N-dealkylation sites (tertiary alicyclic amines) is 1. The van der Waals surface area contributed by atoms with E-state index in [0.717, 1.165) is 44.8 Å². The predicted octanol–water partition coefficient (Wildman–Crippen LogP) is 3.06. The van der Waals surface area contributed by atoms with Crippen LogP contribution < -0.4 is 4.90 Å². The number of carbonyl (C=O) groups excluding carboxylic acids is 1. The smallest absolute Gasteiger partial charge is 0.254 e. The lowest BCUT2D eigenvalue weighted by Crippen LogP contribution is -2.56. The van der Waals surface area contributed by atoms with Crippen molar-refractivity contribution in [1.29, 1.82) is 0 Å². The summed E-state index contributed by atoms with van der Waals surface area (Å²) in [6, 6.07) is 6.78. The molecule has 0 saturated carbocycles. The monoisotopic (exact) mass is 354 g/mol. The lowest BCUT2D eigenvalue weighted by molar-refractivity contribution is 0.0446. The van der Waals surface area contributed by atoms with Crippen LogP contribution in [0.5, 0.6) is 0 Å². The maximum atomic E-state index is 13.9. The Labute approximate surface area is 152 Å². The predicted molar refractivity (Wildman–Crippen MR) is 97.5 cm³/mol. The fourth-order valence-corrected chi connectivity index (χ4v) is 4.29. The van der Waals surface area contributed by atoms with Gasteiger partial charge in [0.15, 0.2) is 0 Å². The maximum Gasteiger partial charge on any atom is 0.254 e. The summed E-state index contributed by atoms with van der Waals surface area (Å²) >= 11 is 0. The summed E-state index contributed by atoms with van der Waals surface area (Å²) in [6.07, 6.45) is 6.49. The highest BCUT2D eigenvalue weighted by molar-refractivity contribution is 5.96. The van der Waals surface area contributed by atoms with E-state index in [1.807, 2.05) is 11.0 Å². The Morgan fingerprint density at radius 3 is 2.77 bits per heavy atom. The van der Waals surface area contributed by atoms with E-state index in [0.29, 0.717) is 17.0 Å². The molecule has 1 aromatic heterocycles. The van der Waals surface area contributed by atoms with E-state index in [1.54, 1.807) is 31.5 Å². The molecule has 2 fully saturated rings. The summed E-state index contributed by atoms with van der Waals surface area (Å²) in [4.78, 5) is 26.0. The van der Waals surface area contributed by atoms with Gasteiger partial charge in [0, 0.05) is 43.6 Å². The second kappa shape index (κ2) is 7.02. The van der Waals surface area contributed by atoms with Crippen LogP contribution in [0.4, 0.5) is 10.3 Å². The zero-order chi connectivity index (χ0) is 18.1. The summed E-state index contributed by atoms with van der Waals surface area (Å²) in [7, 11) is 0. The van der Waals surface area contributed by atoms with Gasteiger partial charge < -0.3 is 9.80 Å². The number of hydrogen-bond donors (Lipinski definition) is 0. The first kappa shape index (κ1) is 16.9. The summed E-state index contributed by atoms with van der Waals surface area (Å²) in [5.41, 5.74) is 0.925. The molecule has 2 atom stereocenters. The van der Waals surface area contributed by atoms with Crippen LogP contribution in [-0.2, 0) is 0 Å². The van der Waals surface area contributed by atoms with Crippen LogP contribution >= 0.6 is 0 Å². The van der Waals surface area contributed by atoms with Crippen molar-refractivity contribution in [1.82, 2.24) is 14.9 Å². The van der Waals surface area contributed by atoms with Crippen LogP contribution in [-0.4, -0.2) is 46.5 Å². The van der Waals surface area contributed by atoms with Crippen molar-refractivity contribution in [2.45, 2.75) is 32.2 Å². The van der Waals surface area contributed by atoms with Crippen LogP contribution in [0.3, 0.4) is 0 Å². The molecule has 1 amide bonds. The van der Waals surface area contributed by atoms with Gasteiger partial charge in [0.1, 0.15) is 5.82 Å². The number of fused-ring (bicyclic) bond motifs is 1. The molecule has 0 bridgehead atoms. The Balaban J connectivity index is 1.53. The molecule has 2 aliphatic heterocycles. The molecule has 0 spiro atoms. The van der Waals surface area contributed by atoms with E-state index in [9.17, 15) is 9.18 Å². The SMILES string of the molecule is Cc1c(F)cccc1C(=O)N1CCCC2CN(c3ncccn3)CCC21. The number of benzene rings is 1. The summed E-state index contributed by atoms with van der Waals surface area (Å²) in [6.45, 7) is 4.12. The van der Waals surface area contributed by atoms with E-state index in [1.165, 1.54) is 6.07 Å². The van der Waals surface area contributed by atoms with Gasteiger partial charge in [0.2, 0.25) is 5.95 Å². The average Bonchev–Trinajstić information content (AvgIpc) is 2.69. The number of halogens is 1. The van der Waals surface area contributed by atoms with Crippen molar-refractivity contribution in [3.8, 4) is 0 Å². The van der Waals surface area contributed by atoms with Gasteiger partial charge in [-0.25, -0.2) is 14.4 Å². The molecule has 0 aliphatic carbocycles. The first-order valence-electron chi connectivity index (χ1n) is 9.23. The van der Waals surface area contributed by atoms with E-state index in [4.69, 9.17) is 0 Å². The molecule has 2 unspecified atom stereocenters. The normalized spacial score (nSPS) is 22.8. The minimum absolute atomic E-state index is 0.0406. The van der Waals surface area contributed by atoms with Crippen LogP contribution in [0.15, 0.2) is 36.7 Å². The molecule has 0 radical (unpaired) electrons. The zero-order valence-corrected chi connectivity index (χ0v) is 14.9. The van der Waals surface area contributed by atoms with Gasteiger partial charge in [-0.15, -0.1) is 0 Å². The Kier molecular flexibility index (Phi) is 4.57. The molecule has 136 valence electrons. The first-order chi connectivity index (χ1) is 12.6. The minimum Gasteiger partial charge on any atom is -0.340 e. The molecular weight excluding hydrogens is 331 g/mol. The topological polar surface area (TPSA) is 49.3 Å². The van der Waals surface area contributed by atoms with Gasteiger partial charge in [-0.3, -0.25) is 4.79 Å². The van der Waals surface area contributed by atoms with E-state index >= 15 is 0 Å². The Morgan fingerprint density at radius 1 is 1.15 bits per heavy atom. The number of carbonyl (C=O) groups is 1. The Hall–Kier alpha value is -2.50. The number of hydrogen-bond acceptors (Lipinski definition) is 4. The number of aromatic nitrogens is 2. The summed E-state index contributed by atoms with van der Waals surface area (Å²) in [5.74, 6) is 0.802. The van der Waals surface area contributed by atoms with Crippen LogP contribution in [0.2, 0.25) is 0 Å². The molecule has 0 N–H and O–H groups in total. The van der Waals surface area contributed by atoms with E-state index in [2.05, 4.69) is 14.9 Å². The highest BCUT2D eigenvalue weighted by Crippen LogP contribution is 2.33. The maximum absolute atomic E-state index is 13.9. The molecule has 2 saturated heterocycles. The average molecular weight is 354 g/mol. The minimum atomic E-state index is -0.319. The van der Waals surface area contributed by atoms with Crippen molar-refractivity contribution in [2.24, 2.45) is 5.92 Å². The molecule has 4 rings (SSSR count). The van der Waals surface area contributed by atoms with Gasteiger partial charge in [-0.1, -0.05) is 6.07 Å². The zero-order valence-electron chi connectivity index (χ0n) is 14.9. The van der Waals surface area contributed by atoms with Crippen molar-refractivity contribution >= 4 is 11.9 Å². The van der Waals surface area contributed by atoms with E-state index in [-0.39, 0.29) is 17.8 Å². The lowest BCUT2D eigenvalue weighted by Gasteiger charge is -2.47. The molecule has 1 aromatic carbocycles. The van der Waals surface area contributed by atoms with Gasteiger partial charge in [-0.05, 0) is 55.9 Å². The number of anilines is 1. The van der Waals surface area contributed by atoms with Crippen molar-refractivity contribution < 1.29 is 9.18 Å². The summed E-state index contributed by atoms with van der Waals surface area (Å²) in [5, 5.41) is 0. The van der Waals surface area contributed by atoms with Gasteiger partial charge >= 0.3 is 0 Å². The molecule has 6 heteroatoms. The quantitative estimate of drug-likeness (QED) is 0.832. The van der Waals surface area contributed by atoms with Gasteiger partial charge in [-0.2, -0.15) is 0 Å².